The van der Waals surface area contributed by atoms with Crippen molar-refractivity contribution < 1.29 is 0 Å². The van der Waals surface area contributed by atoms with Gasteiger partial charge in [0, 0.05) is 25.7 Å². The molecule has 0 aromatic carbocycles. The van der Waals surface area contributed by atoms with Gasteiger partial charge in [0.1, 0.15) is 0 Å². The van der Waals surface area contributed by atoms with E-state index in [1.807, 2.05) is 0 Å². The standard InChI is InChI=1S/C12H25N2/c1-3-5-6-7-9-14-10-8-13-12(4-2)11-14/h4,12-13H,3,5-11H2,1-2H3. The van der Waals surface area contributed by atoms with Crippen molar-refractivity contribution in [2.24, 2.45) is 0 Å². The first-order valence-electron chi connectivity index (χ1n) is 6.12. The fourth-order valence-electron chi connectivity index (χ4n) is 2.03. The zero-order chi connectivity index (χ0) is 10.2. The van der Waals surface area contributed by atoms with Crippen molar-refractivity contribution in [1.82, 2.24) is 10.2 Å². The van der Waals surface area contributed by atoms with Crippen LogP contribution in [0.15, 0.2) is 0 Å². The second-order valence-corrected chi connectivity index (χ2v) is 4.26. The van der Waals surface area contributed by atoms with Gasteiger partial charge in [0.15, 0.2) is 0 Å². The Bertz CT molecular complexity index is 136. The molecule has 14 heavy (non-hydrogen) atoms. The second-order valence-electron chi connectivity index (χ2n) is 4.26. The lowest BCUT2D eigenvalue weighted by Gasteiger charge is -2.33. The Labute approximate surface area is 89.1 Å². The Hall–Kier alpha value is -0.0800. The minimum atomic E-state index is 0.620. The average molecular weight is 197 g/mol. The normalized spacial score (nSPS) is 24.0. The monoisotopic (exact) mass is 197 g/mol. The summed E-state index contributed by atoms with van der Waals surface area (Å²) in [5.74, 6) is 0. The van der Waals surface area contributed by atoms with Crippen molar-refractivity contribution in [1.29, 1.82) is 0 Å². The summed E-state index contributed by atoms with van der Waals surface area (Å²) in [6.45, 7) is 9.32. The second kappa shape index (κ2) is 7.24. The molecule has 1 unspecified atom stereocenters. The van der Waals surface area contributed by atoms with E-state index in [2.05, 4.69) is 30.5 Å². The fourth-order valence-corrected chi connectivity index (χ4v) is 2.03. The molecule has 2 nitrogen and oxygen atoms in total. The number of hydrogen-bond donors (Lipinski definition) is 1. The van der Waals surface area contributed by atoms with Crippen molar-refractivity contribution in [2.45, 2.75) is 45.6 Å². The van der Waals surface area contributed by atoms with Crippen molar-refractivity contribution in [3.8, 4) is 0 Å². The average Bonchev–Trinajstić information content (AvgIpc) is 2.25. The zero-order valence-electron chi connectivity index (χ0n) is 9.76. The summed E-state index contributed by atoms with van der Waals surface area (Å²) in [4.78, 5) is 2.59. The van der Waals surface area contributed by atoms with E-state index in [1.54, 1.807) is 0 Å². The topological polar surface area (TPSA) is 15.3 Å². The lowest BCUT2D eigenvalue weighted by molar-refractivity contribution is 0.208. The third-order valence-corrected chi connectivity index (χ3v) is 3.02. The molecule has 1 atom stereocenters. The quantitative estimate of drug-likeness (QED) is 0.656. The first-order valence-corrected chi connectivity index (χ1v) is 6.12. The maximum atomic E-state index is 3.50. The van der Waals surface area contributed by atoms with Crippen LogP contribution in [-0.4, -0.2) is 37.1 Å². The molecule has 0 aromatic rings. The van der Waals surface area contributed by atoms with Crippen LogP contribution in [0.1, 0.15) is 39.5 Å². The van der Waals surface area contributed by atoms with Crippen LogP contribution >= 0.6 is 0 Å². The van der Waals surface area contributed by atoms with Crippen LogP contribution in [0.4, 0.5) is 0 Å². The van der Waals surface area contributed by atoms with Crippen LogP contribution in [0.25, 0.3) is 0 Å². The van der Waals surface area contributed by atoms with Crippen LogP contribution in [0, 0.1) is 6.42 Å². The molecule has 1 N–H and O–H groups in total. The molecule has 0 spiro atoms. The summed E-state index contributed by atoms with van der Waals surface area (Å²) in [6.07, 6.45) is 7.80. The largest absolute Gasteiger partial charge is 0.311 e. The van der Waals surface area contributed by atoms with Crippen LogP contribution in [0.3, 0.4) is 0 Å². The van der Waals surface area contributed by atoms with Crippen molar-refractivity contribution >= 4 is 0 Å². The van der Waals surface area contributed by atoms with Gasteiger partial charge in [-0.2, -0.15) is 0 Å². The van der Waals surface area contributed by atoms with Gasteiger partial charge in [0.25, 0.3) is 0 Å². The van der Waals surface area contributed by atoms with E-state index in [4.69, 9.17) is 0 Å². The Morgan fingerprint density at radius 2 is 2.21 bits per heavy atom. The van der Waals surface area contributed by atoms with Gasteiger partial charge in [-0.05, 0) is 19.4 Å². The molecule has 0 aromatic heterocycles. The van der Waals surface area contributed by atoms with E-state index >= 15 is 0 Å². The highest BCUT2D eigenvalue weighted by atomic mass is 15.2. The molecule has 0 saturated carbocycles. The van der Waals surface area contributed by atoms with Crippen LogP contribution in [0.5, 0.6) is 0 Å². The van der Waals surface area contributed by atoms with Crippen molar-refractivity contribution in [3.63, 3.8) is 0 Å². The van der Waals surface area contributed by atoms with Crippen LogP contribution < -0.4 is 5.32 Å². The Kier molecular flexibility index (Phi) is 6.20. The lowest BCUT2D eigenvalue weighted by Crippen LogP contribution is -2.50. The van der Waals surface area contributed by atoms with E-state index in [1.165, 1.54) is 45.3 Å². The molecule has 1 rings (SSSR count). The third kappa shape index (κ3) is 4.43. The van der Waals surface area contributed by atoms with E-state index in [0.29, 0.717) is 6.04 Å². The Morgan fingerprint density at radius 3 is 2.93 bits per heavy atom. The molecule has 0 aliphatic carbocycles. The highest BCUT2D eigenvalue weighted by molar-refractivity contribution is 4.86. The number of unbranched alkanes of at least 4 members (excludes halogenated alkanes) is 3. The van der Waals surface area contributed by atoms with Crippen LogP contribution in [-0.2, 0) is 0 Å². The predicted octanol–water partition coefficient (Wildman–Crippen LogP) is 2.06. The molecular formula is C12H25N2. The summed E-state index contributed by atoms with van der Waals surface area (Å²) >= 11 is 0. The predicted molar refractivity (Wildman–Crippen MR) is 62.3 cm³/mol. The first-order chi connectivity index (χ1) is 6.86. The summed E-state index contributed by atoms with van der Waals surface area (Å²) < 4.78 is 0. The molecule has 1 radical (unpaired) electrons. The van der Waals surface area contributed by atoms with Gasteiger partial charge in [-0.3, -0.25) is 0 Å². The summed E-state index contributed by atoms with van der Waals surface area (Å²) in [5.41, 5.74) is 0. The van der Waals surface area contributed by atoms with Gasteiger partial charge in [-0.15, -0.1) is 0 Å². The fraction of sp³-hybridized carbons (Fsp3) is 0.917. The van der Waals surface area contributed by atoms with Gasteiger partial charge < -0.3 is 10.2 Å². The molecule has 83 valence electrons. The number of nitrogens with one attached hydrogen (secondary N) is 1. The van der Waals surface area contributed by atoms with Gasteiger partial charge in [-0.1, -0.05) is 33.1 Å². The maximum absolute atomic E-state index is 3.50. The molecule has 0 bridgehead atoms. The molecule has 1 fully saturated rings. The maximum Gasteiger partial charge on any atom is 0.0224 e. The first kappa shape index (κ1) is 12.0. The van der Waals surface area contributed by atoms with E-state index in [0.717, 1.165) is 6.54 Å². The Balaban J connectivity index is 2.05. The van der Waals surface area contributed by atoms with Gasteiger partial charge >= 0.3 is 0 Å². The molecule has 1 saturated heterocycles. The number of piperazine rings is 1. The van der Waals surface area contributed by atoms with E-state index in [9.17, 15) is 0 Å². The van der Waals surface area contributed by atoms with Gasteiger partial charge in [-0.25, -0.2) is 0 Å². The highest BCUT2D eigenvalue weighted by Crippen LogP contribution is 2.05. The number of hydrogen-bond acceptors (Lipinski definition) is 2. The number of nitrogens with zero attached hydrogens (tertiary/aromatic N) is 1. The van der Waals surface area contributed by atoms with Gasteiger partial charge in [0.2, 0.25) is 0 Å². The van der Waals surface area contributed by atoms with E-state index in [-0.39, 0.29) is 0 Å². The molecule has 1 heterocycles. The molecule has 1 aliphatic rings. The molecular weight excluding hydrogens is 172 g/mol. The summed E-state index contributed by atoms with van der Waals surface area (Å²) in [6, 6.07) is 0.620. The van der Waals surface area contributed by atoms with Crippen LogP contribution in [0.2, 0.25) is 0 Å². The lowest BCUT2D eigenvalue weighted by atomic mass is 10.1. The zero-order valence-corrected chi connectivity index (χ0v) is 9.76. The van der Waals surface area contributed by atoms with Gasteiger partial charge in [0.05, 0.1) is 0 Å². The highest BCUT2D eigenvalue weighted by Gasteiger charge is 2.16. The smallest absolute Gasteiger partial charge is 0.0224 e. The minimum Gasteiger partial charge on any atom is -0.311 e. The summed E-state index contributed by atoms with van der Waals surface area (Å²) in [5, 5.41) is 3.50. The molecule has 1 aliphatic heterocycles. The minimum absolute atomic E-state index is 0.620. The Morgan fingerprint density at radius 1 is 1.36 bits per heavy atom. The third-order valence-electron chi connectivity index (χ3n) is 3.02. The van der Waals surface area contributed by atoms with Crippen molar-refractivity contribution in [2.75, 3.05) is 26.2 Å². The molecule has 0 amide bonds. The molecule has 2 heteroatoms. The summed E-state index contributed by atoms with van der Waals surface area (Å²) in [7, 11) is 0. The SMILES string of the molecule is C[CH]C1CN(CCCCCC)CCN1. The van der Waals surface area contributed by atoms with E-state index < -0.39 is 0 Å². The van der Waals surface area contributed by atoms with Crippen molar-refractivity contribution in [3.05, 3.63) is 6.42 Å². The number of rotatable bonds is 6.